The summed E-state index contributed by atoms with van der Waals surface area (Å²) in [4.78, 5) is 46.2. The fourth-order valence-electron chi connectivity index (χ4n) is 2.48. The van der Waals surface area contributed by atoms with Crippen molar-refractivity contribution in [3.05, 3.63) is 65.2 Å². The van der Waals surface area contributed by atoms with Crippen LogP contribution in [0.3, 0.4) is 0 Å². The van der Waals surface area contributed by atoms with Crippen LogP contribution in [-0.4, -0.2) is 48.2 Å². The van der Waals surface area contributed by atoms with Crippen LogP contribution in [0.4, 0.5) is 4.79 Å². The molecular formula is C22H22N2O7. The summed E-state index contributed by atoms with van der Waals surface area (Å²) in [5, 5.41) is 12.3. The minimum Gasteiger partial charge on any atom is -0.482 e. The Morgan fingerprint density at radius 1 is 0.935 bits per heavy atom. The van der Waals surface area contributed by atoms with Gasteiger partial charge in [-0.2, -0.15) is 5.10 Å². The Bertz CT molecular complexity index is 951. The van der Waals surface area contributed by atoms with Gasteiger partial charge in [-0.3, -0.25) is 9.59 Å². The van der Waals surface area contributed by atoms with Crippen LogP contribution in [0, 0.1) is 0 Å². The van der Waals surface area contributed by atoms with E-state index in [1.165, 1.54) is 30.5 Å². The number of carbonyl (C=O) groups excluding carboxylic acids is 3. The molecule has 2 aromatic rings. The minimum absolute atomic E-state index is 0.0425. The summed E-state index contributed by atoms with van der Waals surface area (Å²) in [6.45, 7) is 1.46. The standard InChI is InChI=1S/C22H22N2O7/c1-2-30-22(29)24-23-13-15-3-5-16(6-4-15)19(25)11-12-20(26)17-7-9-18(10-8-17)31-14-21(27)28/h3-10,13H,2,11-12,14H2,1H3,(H,24,29)(H,27,28). The molecule has 0 radical (unpaired) electrons. The quantitative estimate of drug-likeness (QED) is 0.321. The third-order valence-corrected chi connectivity index (χ3v) is 4.00. The maximum absolute atomic E-state index is 12.3. The Morgan fingerprint density at radius 2 is 1.48 bits per heavy atom. The van der Waals surface area contributed by atoms with E-state index in [1.54, 1.807) is 31.2 Å². The van der Waals surface area contributed by atoms with Crippen LogP contribution in [0.5, 0.6) is 5.75 Å². The van der Waals surface area contributed by atoms with E-state index in [1.807, 2.05) is 0 Å². The number of Topliss-reactive ketones (excluding diaryl/α,β-unsaturated/α-hetero) is 2. The van der Waals surface area contributed by atoms with Crippen molar-refractivity contribution in [1.82, 2.24) is 5.43 Å². The molecule has 2 aromatic carbocycles. The second kappa shape index (κ2) is 11.9. The molecule has 0 fully saturated rings. The molecule has 9 nitrogen and oxygen atoms in total. The molecule has 0 aromatic heterocycles. The first-order valence-electron chi connectivity index (χ1n) is 9.46. The van der Waals surface area contributed by atoms with Gasteiger partial charge in [-0.25, -0.2) is 15.0 Å². The molecule has 0 unspecified atom stereocenters. The average Bonchev–Trinajstić information content (AvgIpc) is 2.77. The van der Waals surface area contributed by atoms with Gasteiger partial charge in [0.05, 0.1) is 12.8 Å². The minimum atomic E-state index is -1.09. The van der Waals surface area contributed by atoms with Crippen LogP contribution in [0.2, 0.25) is 0 Å². The molecule has 0 atom stereocenters. The Balaban J connectivity index is 1.83. The van der Waals surface area contributed by atoms with Crippen molar-refractivity contribution in [2.75, 3.05) is 13.2 Å². The monoisotopic (exact) mass is 426 g/mol. The van der Waals surface area contributed by atoms with E-state index in [4.69, 9.17) is 9.84 Å². The van der Waals surface area contributed by atoms with Crippen molar-refractivity contribution in [3.8, 4) is 5.75 Å². The molecule has 0 heterocycles. The molecule has 0 saturated carbocycles. The number of carbonyl (C=O) groups is 4. The van der Waals surface area contributed by atoms with E-state index >= 15 is 0 Å². The number of hydrogen-bond donors (Lipinski definition) is 2. The predicted molar refractivity (Wildman–Crippen MR) is 112 cm³/mol. The van der Waals surface area contributed by atoms with Crippen LogP contribution < -0.4 is 10.2 Å². The van der Waals surface area contributed by atoms with Gasteiger partial charge < -0.3 is 14.6 Å². The molecule has 0 aliphatic heterocycles. The van der Waals surface area contributed by atoms with Crippen molar-refractivity contribution in [3.63, 3.8) is 0 Å². The average molecular weight is 426 g/mol. The van der Waals surface area contributed by atoms with Gasteiger partial charge >= 0.3 is 12.1 Å². The number of benzene rings is 2. The van der Waals surface area contributed by atoms with E-state index < -0.39 is 18.7 Å². The zero-order valence-corrected chi connectivity index (χ0v) is 16.9. The smallest absolute Gasteiger partial charge is 0.427 e. The highest BCUT2D eigenvalue weighted by molar-refractivity contribution is 6.02. The first kappa shape index (κ1) is 23.3. The number of amides is 1. The Labute approximate surface area is 178 Å². The summed E-state index contributed by atoms with van der Waals surface area (Å²) in [6, 6.07) is 12.7. The topological polar surface area (TPSA) is 131 Å². The number of carboxylic acids is 1. The Morgan fingerprint density at radius 3 is 2.00 bits per heavy atom. The molecule has 2 rings (SSSR count). The van der Waals surface area contributed by atoms with Gasteiger partial charge in [0, 0.05) is 24.0 Å². The van der Waals surface area contributed by atoms with E-state index in [-0.39, 0.29) is 31.0 Å². The normalized spacial score (nSPS) is 10.5. The molecule has 0 aliphatic rings. The summed E-state index contributed by atoms with van der Waals surface area (Å²) >= 11 is 0. The lowest BCUT2D eigenvalue weighted by Gasteiger charge is -2.05. The molecule has 2 N–H and O–H groups in total. The maximum Gasteiger partial charge on any atom is 0.427 e. The van der Waals surface area contributed by atoms with Gasteiger partial charge in [-0.05, 0) is 36.8 Å². The highest BCUT2D eigenvalue weighted by Gasteiger charge is 2.11. The summed E-state index contributed by atoms with van der Waals surface area (Å²) in [5.41, 5.74) is 3.75. The van der Waals surface area contributed by atoms with Gasteiger partial charge in [-0.1, -0.05) is 24.3 Å². The van der Waals surface area contributed by atoms with E-state index in [0.29, 0.717) is 22.4 Å². The van der Waals surface area contributed by atoms with Crippen molar-refractivity contribution >= 4 is 29.8 Å². The van der Waals surface area contributed by atoms with Gasteiger partial charge in [0.2, 0.25) is 0 Å². The molecular weight excluding hydrogens is 404 g/mol. The summed E-state index contributed by atoms with van der Waals surface area (Å²) in [7, 11) is 0. The number of carboxylic acid groups (broad SMARTS) is 1. The molecule has 0 bridgehead atoms. The van der Waals surface area contributed by atoms with E-state index in [0.717, 1.165) is 0 Å². The van der Waals surface area contributed by atoms with Crippen molar-refractivity contribution < 1.29 is 33.8 Å². The number of ether oxygens (including phenoxy) is 2. The van der Waals surface area contributed by atoms with E-state index in [9.17, 15) is 19.2 Å². The largest absolute Gasteiger partial charge is 0.482 e. The van der Waals surface area contributed by atoms with Crippen molar-refractivity contribution in [2.45, 2.75) is 19.8 Å². The highest BCUT2D eigenvalue weighted by atomic mass is 16.5. The van der Waals surface area contributed by atoms with Gasteiger partial charge in [0.15, 0.2) is 18.2 Å². The molecule has 0 saturated heterocycles. The van der Waals surface area contributed by atoms with Gasteiger partial charge in [0.25, 0.3) is 0 Å². The van der Waals surface area contributed by atoms with Crippen LogP contribution in [0.15, 0.2) is 53.6 Å². The third-order valence-electron chi connectivity index (χ3n) is 4.00. The number of nitrogens with one attached hydrogen (secondary N) is 1. The fraction of sp³-hybridized carbons (Fsp3) is 0.227. The second-order valence-corrected chi connectivity index (χ2v) is 6.27. The summed E-state index contributed by atoms with van der Waals surface area (Å²) in [6.07, 6.45) is 0.852. The Hall–Kier alpha value is -4.01. The predicted octanol–water partition coefficient (Wildman–Crippen LogP) is 3.08. The SMILES string of the molecule is CCOC(=O)NN=Cc1ccc(C(=O)CCC(=O)c2ccc(OCC(=O)O)cc2)cc1. The molecule has 1 amide bonds. The summed E-state index contributed by atoms with van der Waals surface area (Å²) < 4.78 is 9.68. The van der Waals surface area contributed by atoms with Crippen LogP contribution in [0.25, 0.3) is 0 Å². The van der Waals surface area contributed by atoms with Crippen molar-refractivity contribution in [2.24, 2.45) is 5.10 Å². The third kappa shape index (κ3) is 8.09. The highest BCUT2D eigenvalue weighted by Crippen LogP contribution is 2.15. The second-order valence-electron chi connectivity index (χ2n) is 6.27. The number of hydrogen-bond acceptors (Lipinski definition) is 7. The summed E-state index contributed by atoms with van der Waals surface area (Å²) in [5.74, 6) is -1.13. The zero-order chi connectivity index (χ0) is 22.6. The molecule has 162 valence electrons. The molecule has 9 heteroatoms. The lowest BCUT2D eigenvalue weighted by atomic mass is 10.0. The van der Waals surface area contributed by atoms with Crippen molar-refractivity contribution in [1.29, 1.82) is 0 Å². The maximum atomic E-state index is 12.3. The van der Waals surface area contributed by atoms with E-state index in [2.05, 4.69) is 15.3 Å². The molecule has 0 spiro atoms. The first-order chi connectivity index (χ1) is 14.9. The van der Waals surface area contributed by atoms with Crippen LogP contribution >= 0.6 is 0 Å². The lowest BCUT2D eigenvalue weighted by Crippen LogP contribution is -2.18. The zero-order valence-electron chi connectivity index (χ0n) is 16.9. The lowest BCUT2D eigenvalue weighted by molar-refractivity contribution is -0.139. The van der Waals surface area contributed by atoms with Gasteiger partial charge in [-0.15, -0.1) is 0 Å². The number of rotatable bonds is 11. The molecule has 0 aliphatic carbocycles. The fourth-order valence-corrected chi connectivity index (χ4v) is 2.48. The number of nitrogens with zero attached hydrogens (tertiary/aromatic N) is 1. The van der Waals surface area contributed by atoms with Crippen LogP contribution in [-0.2, 0) is 9.53 Å². The van der Waals surface area contributed by atoms with Gasteiger partial charge in [0.1, 0.15) is 5.75 Å². The van der Waals surface area contributed by atoms with Crippen LogP contribution in [0.1, 0.15) is 46.0 Å². The Kier molecular flexibility index (Phi) is 8.90. The first-order valence-corrected chi connectivity index (χ1v) is 9.46. The molecule has 31 heavy (non-hydrogen) atoms. The number of hydrazone groups is 1. The number of aliphatic carboxylic acids is 1. The number of ketones is 2.